The van der Waals surface area contributed by atoms with Crippen molar-refractivity contribution < 1.29 is 9.32 Å². The molecule has 110 valence electrons. The molecule has 1 saturated heterocycles. The summed E-state index contributed by atoms with van der Waals surface area (Å²) < 4.78 is 5.15. The maximum absolute atomic E-state index is 12.2. The number of aryl methyl sites for hydroxylation is 1. The van der Waals surface area contributed by atoms with E-state index in [9.17, 15) is 4.79 Å². The quantitative estimate of drug-likeness (QED) is 0.905. The number of rotatable bonds is 4. The van der Waals surface area contributed by atoms with Crippen molar-refractivity contribution in [3.8, 4) is 0 Å². The molecule has 1 fully saturated rings. The summed E-state index contributed by atoms with van der Waals surface area (Å²) in [5.41, 5.74) is 1.19. The normalized spacial score (nSPS) is 19.5. The van der Waals surface area contributed by atoms with Gasteiger partial charge in [0.05, 0.1) is 12.5 Å². The zero-order valence-corrected chi connectivity index (χ0v) is 12.0. The highest BCUT2D eigenvalue weighted by atomic mass is 16.5. The molecular weight excluding hydrogens is 268 g/mol. The fourth-order valence-electron chi connectivity index (χ4n) is 2.58. The third kappa shape index (κ3) is 3.28. The van der Waals surface area contributed by atoms with Crippen molar-refractivity contribution in [2.24, 2.45) is 0 Å². The van der Waals surface area contributed by atoms with Crippen LogP contribution in [0.5, 0.6) is 0 Å². The average molecular weight is 286 g/mol. The second-order valence-corrected chi connectivity index (χ2v) is 5.20. The molecule has 1 aliphatic heterocycles. The average Bonchev–Trinajstić information content (AvgIpc) is 2.89. The Labute approximate surface area is 123 Å². The van der Waals surface area contributed by atoms with E-state index in [1.807, 2.05) is 18.2 Å². The monoisotopic (exact) mass is 286 g/mol. The third-order valence-electron chi connectivity index (χ3n) is 3.61. The van der Waals surface area contributed by atoms with Crippen LogP contribution >= 0.6 is 0 Å². The van der Waals surface area contributed by atoms with E-state index in [1.54, 1.807) is 6.92 Å². The maximum Gasteiger partial charge on any atom is 0.237 e. The van der Waals surface area contributed by atoms with Crippen LogP contribution in [0, 0.1) is 6.92 Å². The lowest BCUT2D eigenvalue weighted by Crippen LogP contribution is -2.55. The second-order valence-electron chi connectivity index (χ2n) is 5.20. The number of aromatic nitrogens is 2. The van der Waals surface area contributed by atoms with E-state index in [2.05, 4.69) is 32.5 Å². The van der Waals surface area contributed by atoms with E-state index < -0.39 is 0 Å². The molecule has 1 N–H and O–H groups in total. The molecule has 0 spiro atoms. The molecule has 0 radical (unpaired) electrons. The molecule has 1 amide bonds. The fourth-order valence-corrected chi connectivity index (χ4v) is 2.58. The Balaban J connectivity index is 1.75. The van der Waals surface area contributed by atoms with Crippen molar-refractivity contribution >= 4 is 5.91 Å². The summed E-state index contributed by atoms with van der Waals surface area (Å²) in [6, 6.07) is 9.89. The first kappa shape index (κ1) is 13.8. The van der Waals surface area contributed by atoms with Gasteiger partial charge in [-0.05, 0) is 12.5 Å². The molecule has 0 aliphatic carbocycles. The van der Waals surface area contributed by atoms with Gasteiger partial charge < -0.3 is 9.84 Å². The molecule has 1 aromatic carbocycles. The SMILES string of the molecule is Cc1noc(CC2C(=O)NCCN2Cc2ccccc2)n1. The number of piperazine rings is 1. The molecule has 2 heterocycles. The third-order valence-corrected chi connectivity index (χ3v) is 3.61. The predicted octanol–water partition coefficient (Wildman–Crippen LogP) is 0.921. The molecule has 3 rings (SSSR count). The number of carbonyl (C=O) groups is 1. The van der Waals surface area contributed by atoms with Gasteiger partial charge in [-0.3, -0.25) is 9.69 Å². The summed E-state index contributed by atoms with van der Waals surface area (Å²) in [6.45, 7) is 4.01. The van der Waals surface area contributed by atoms with Gasteiger partial charge in [-0.1, -0.05) is 35.5 Å². The summed E-state index contributed by atoms with van der Waals surface area (Å²) in [5, 5.41) is 6.68. The van der Waals surface area contributed by atoms with Crippen LogP contribution in [0.15, 0.2) is 34.9 Å². The second kappa shape index (κ2) is 6.05. The first-order valence-corrected chi connectivity index (χ1v) is 7.07. The van der Waals surface area contributed by atoms with Crippen LogP contribution in [0.4, 0.5) is 0 Å². The lowest BCUT2D eigenvalue weighted by atomic mass is 10.1. The number of hydrogen-bond acceptors (Lipinski definition) is 5. The molecule has 21 heavy (non-hydrogen) atoms. The minimum Gasteiger partial charge on any atom is -0.353 e. The highest BCUT2D eigenvalue weighted by molar-refractivity contribution is 5.82. The van der Waals surface area contributed by atoms with E-state index in [1.165, 1.54) is 5.56 Å². The van der Waals surface area contributed by atoms with Crippen LogP contribution in [0.1, 0.15) is 17.3 Å². The van der Waals surface area contributed by atoms with E-state index in [4.69, 9.17) is 4.52 Å². The van der Waals surface area contributed by atoms with Crippen LogP contribution in [-0.2, 0) is 17.8 Å². The first-order chi connectivity index (χ1) is 10.2. The van der Waals surface area contributed by atoms with Crippen molar-refractivity contribution in [1.82, 2.24) is 20.4 Å². The molecule has 1 atom stereocenters. The predicted molar refractivity (Wildman–Crippen MR) is 76.4 cm³/mol. The lowest BCUT2D eigenvalue weighted by Gasteiger charge is -2.34. The Morgan fingerprint density at radius 2 is 2.19 bits per heavy atom. The summed E-state index contributed by atoms with van der Waals surface area (Å²) >= 11 is 0. The Morgan fingerprint density at radius 1 is 1.38 bits per heavy atom. The Morgan fingerprint density at radius 3 is 2.90 bits per heavy atom. The Kier molecular flexibility index (Phi) is 3.96. The molecular formula is C15H18N4O2. The number of nitrogens with zero attached hydrogens (tertiary/aromatic N) is 3. The van der Waals surface area contributed by atoms with Gasteiger partial charge in [-0.15, -0.1) is 0 Å². The zero-order chi connectivity index (χ0) is 14.7. The Hall–Kier alpha value is -2.21. The van der Waals surface area contributed by atoms with E-state index in [0.717, 1.165) is 13.1 Å². The standard InChI is InChI=1S/C15H18N4O2/c1-11-17-14(21-18-11)9-13-15(20)16-7-8-19(13)10-12-5-3-2-4-6-12/h2-6,13H,7-10H2,1H3,(H,16,20). The van der Waals surface area contributed by atoms with Gasteiger partial charge in [0.15, 0.2) is 5.82 Å². The smallest absolute Gasteiger partial charge is 0.237 e. The fraction of sp³-hybridized carbons (Fsp3) is 0.400. The van der Waals surface area contributed by atoms with E-state index >= 15 is 0 Å². The number of hydrogen-bond donors (Lipinski definition) is 1. The molecule has 1 aliphatic rings. The molecule has 6 nitrogen and oxygen atoms in total. The Bertz CT molecular complexity index is 611. The van der Waals surface area contributed by atoms with Crippen molar-refractivity contribution in [2.75, 3.05) is 13.1 Å². The van der Waals surface area contributed by atoms with Crippen LogP contribution in [0.3, 0.4) is 0 Å². The molecule has 0 bridgehead atoms. The van der Waals surface area contributed by atoms with Crippen molar-refractivity contribution in [3.05, 3.63) is 47.6 Å². The summed E-state index contributed by atoms with van der Waals surface area (Å²) in [4.78, 5) is 18.5. The zero-order valence-electron chi connectivity index (χ0n) is 12.0. The molecule has 6 heteroatoms. The molecule has 1 unspecified atom stereocenters. The van der Waals surface area contributed by atoms with Crippen molar-refractivity contribution in [2.45, 2.75) is 25.9 Å². The van der Waals surface area contributed by atoms with Crippen molar-refractivity contribution in [3.63, 3.8) is 0 Å². The maximum atomic E-state index is 12.2. The van der Waals surface area contributed by atoms with Gasteiger partial charge in [0.2, 0.25) is 11.8 Å². The molecule has 0 saturated carbocycles. The minimum atomic E-state index is -0.265. The van der Waals surface area contributed by atoms with Gasteiger partial charge >= 0.3 is 0 Å². The number of carbonyl (C=O) groups excluding carboxylic acids is 1. The summed E-state index contributed by atoms with van der Waals surface area (Å²) in [7, 11) is 0. The van der Waals surface area contributed by atoms with Crippen LogP contribution < -0.4 is 5.32 Å². The van der Waals surface area contributed by atoms with Gasteiger partial charge in [0.1, 0.15) is 0 Å². The highest BCUT2D eigenvalue weighted by Crippen LogP contribution is 2.14. The van der Waals surface area contributed by atoms with Crippen LogP contribution in [0.25, 0.3) is 0 Å². The first-order valence-electron chi connectivity index (χ1n) is 7.07. The summed E-state index contributed by atoms with van der Waals surface area (Å²) in [5.74, 6) is 1.12. The van der Waals surface area contributed by atoms with Gasteiger partial charge in [-0.25, -0.2) is 0 Å². The lowest BCUT2D eigenvalue weighted by molar-refractivity contribution is -0.129. The minimum absolute atomic E-state index is 0.0213. The molecule has 2 aromatic rings. The van der Waals surface area contributed by atoms with E-state index in [0.29, 0.717) is 24.7 Å². The number of benzene rings is 1. The summed E-state index contributed by atoms with van der Waals surface area (Å²) in [6.07, 6.45) is 0.444. The largest absolute Gasteiger partial charge is 0.353 e. The molecule has 1 aromatic heterocycles. The van der Waals surface area contributed by atoms with Gasteiger partial charge in [-0.2, -0.15) is 4.98 Å². The topological polar surface area (TPSA) is 71.3 Å². The number of nitrogens with one attached hydrogen (secondary N) is 1. The van der Waals surface area contributed by atoms with Crippen LogP contribution in [-0.4, -0.2) is 40.1 Å². The van der Waals surface area contributed by atoms with Crippen LogP contribution in [0.2, 0.25) is 0 Å². The number of amides is 1. The van der Waals surface area contributed by atoms with Gasteiger partial charge in [0.25, 0.3) is 0 Å². The van der Waals surface area contributed by atoms with Gasteiger partial charge in [0, 0.05) is 19.6 Å². The highest BCUT2D eigenvalue weighted by Gasteiger charge is 2.31. The van der Waals surface area contributed by atoms with E-state index in [-0.39, 0.29) is 11.9 Å². The van der Waals surface area contributed by atoms with Crippen molar-refractivity contribution in [1.29, 1.82) is 0 Å².